The molecule has 27 heavy (non-hydrogen) atoms. The van der Waals surface area contributed by atoms with Crippen molar-refractivity contribution < 1.29 is 19.1 Å². The molecule has 1 amide bonds. The lowest BCUT2D eigenvalue weighted by molar-refractivity contribution is -0.111. The standard InChI is InChI=1S/C21H25NO4S/c1-6-16-12-18(21(24)26-7-2)20(27-16)22-19(23)9-8-17-13(3)10-15(25-5)11-14(17)4/h8-12H,6-7H2,1-5H3,(H,22,23)/b9-8+. The molecule has 0 saturated heterocycles. The maximum atomic E-state index is 12.4. The number of hydrogen-bond donors (Lipinski definition) is 1. The van der Waals surface area contributed by atoms with Gasteiger partial charge in [0.05, 0.1) is 19.3 Å². The fourth-order valence-electron chi connectivity index (χ4n) is 2.70. The number of carbonyl (C=O) groups is 2. The van der Waals surface area contributed by atoms with E-state index in [1.54, 1.807) is 26.2 Å². The van der Waals surface area contributed by atoms with E-state index in [1.165, 1.54) is 17.4 Å². The molecule has 144 valence electrons. The molecule has 1 heterocycles. The van der Waals surface area contributed by atoms with Crippen molar-refractivity contribution in [3.63, 3.8) is 0 Å². The van der Waals surface area contributed by atoms with E-state index >= 15 is 0 Å². The molecular weight excluding hydrogens is 362 g/mol. The van der Waals surface area contributed by atoms with Crippen molar-refractivity contribution in [1.29, 1.82) is 0 Å². The predicted molar refractivity (Wildman–Crippen MR) is 110 cm³/mol. The molecule has 0 atom stereocenters. The van der Waals surface area contributed by atoms with Crippen LogP contribution in [0.2, 0.25) is 0 Å². The average Bonchev–Trinajstić information content (AvgIpc) is 3.04. The number of anilines is 1. The molecule has 2 aromatic rings. The number of hydrogen-bond acceptors (Lipinski definition) is 5. The van der Waals surface area contributed by atoms with Crippen LogP contribution in [-0.2, 0) is 16.0 Å². The Morgan fingerprint density at radius 2 is 1.81 bits per heavy atom. The summed E-state index contributed by atoms with van der Waals surface area (Å²) >= 11 is 1.39. The van der Waals surface area contributed by atoms with Gasteiger partial charge >= 0.3 is 5.97 Å². The second-order valence-corrected chi connectivity index (χ2v) is 7.16. The lowest BCUT2D eigenvalue weighted by atomic mass is 10.0. The Hall–Kier alpha value is -2.60. The van der Waals surface area contributed by atoms with Gasteiger partial charge in [-0.15, -0.1) is 11.3 Å². The summed E-state index contributed by atoms with van der Waals surface area (Å²) in [4.78, 5) is 25.5. The Balaban J connectivity index is 2.20. The van der Waals surface area contributed by atoms with Gasteiger partial charge in [-0.3, -0.25) is 4.79 Å². The minimum absolute atomic E-state index is 0.291. The van der Waals surface area contributed by atoms with Crippen LogP contribution in [0.15, 0.2) is 24.3 Å². The average molecular weight is 388 g/mol. The van der Waals surface area contributed by atoms with Gasteiger partial charge in [0.2, 0.25) is 5.91 Å². The zero-order valence-corrected chi connectivity index (χ0v) is 17.2. The first-order chi connectivity index (χ1) is 12.9. The van der Waals surface area contributed by atoms with Crippen LogP contribution >= 0.6 is 11.3 Å². The Kier molecular flexibility index (Phi) is 7.19. The Labute approximate surface area is 164 Å². The number of methoxy groups -OCH3 is 1. The lowest BCUT2D eigenvalue weighted by Gasteiger charge is -2.09. The van der Waals surface area contributed by atoms with Crippen molar-refractivity contribution in [2.45, 2.75) is 34.1 Å². The van der Waals surface area contributed by atoms with E-state index in [4.69, 9.17) is 9.47 Å². The van der Waals surface area contributed by atoms with Crippen LogP contribution < -0.4 is 10.1 Å². The maximum absolute atomic E-state index is 12.4. The molecule has 5 nitrogen and oxygen atoms in total. The zero-order valence-electron chi connectivity index (χ0n) is 16.3. The first kappa shape index (κ1) is 20.7. The molecule has 1 aromatic carbocycles. The van der Waals surface area contributed by atoms with Crippen LogP contribution in [0.25, 0.3) is 6.08 Å². The third-order valence-corrected chi connectivity index (χ3v) is 5.26. The van der Waals surface area contributed by atoms with Crippen molar-refractivity contribution in [1.82, 2.24) is 0 Å². The van der Waals surface area contributed by atoms with E-state index in [0.29, 0.717) is 17.2 Å². The van der Waals surface area contributed by atoms with Gasteiger partial charge < -0.3 is 14.8 Å². The largest absolute Gasteiger partial charge is 0.497 e. The van der Waals surface area contributed by atoms with Crippen LogP contribution in [-0.4, -0.2) is 25.6 Å². The van der Waals surface area contributed by atoms with Gasteiger partial charge in [0.25, 0.3) is 0 Å². The van der Waals surface area contributed by atoms with E-state index in [9.17, 15) is 9.59 Å². The molecule has 0 aliphatic heterocycles. The van der Waals surface area contributed by atoms with Crippen molar-refractivity contribution in [2.75, 3.05) is 19.0 Å². The summed E-state index contributed by atoms with van der Waals surface area (Å²) in [6, 6.07) is 5.63. The predicted octanol–water partition coefficient (Wildman–Crippen LogP) is 4.76. The SMILES string of the molecule is CCOC(=O)c1cc(CC)sc1NC(=O)/C=C/c1c(C)cc(OC)cc1C. The molecule has 0 unspecified atom stereocenters. The molecule has 0 aliphatic carbocycles. The Morgan fingerprint density at radius 1 is 1.15 bits per heavy atom. The van der Waals surface area contributed by atoms with Gasteiger partial charge in [-0.1, -0.05) is 6.92 Å². The van der Waals surface area contributed by atoms with Crippen molar-refractivity contribution in [2.24, 2.45) is 0 Å². The highest BCUT2D eigenvalue weighted by atomic mass is 32.1. The number of ether oxygens (including phenoxy) is 2. The number of benzene rings is 1. The van der Waals surface area contributed by atoms with E-state index in [2.05, 4.69) is 5.32 Å². The molecule has 0 spiro atoms. The highest BCUT2D eigenvalue weighted by Gasteiger charge is 2.18. The van der Waals surface area contributed by atoms with Crippen molar-refractivity contribution >= 4 is 34.3 Å². The third-order valence-electron chi connectivity index (χ3n) is 4.07. The van der Waals surface area contributed by atoms with Crippen molar-refractivity contribution in [3.05, 3.63) is 51.4 Å². The van der Waals surface area contributed by atoms with E-state index in [0.717, 1.165) is 33.7 Å². The summed E-state index contributed by atoms with van der Waals surface area (Å²) in [6.07, 6.45) is 4.03. The van der Waals surface area contributed by atoms with Gasteiger partial charge in [-0.25, -0.2) is 4.79 Å². The van der Waals surface area contributed by atoms with Crippen LogP contribution in [0.3, 0.4) is 0 Å². The highest BCUT2D eigenvalue weighted by molar-refractivity contribution is 7.16. The Bertz CT molecular complexity index is 844. The minimum atomic E-state index is -0.422. The molecule has 6 heteroatoms. The number of esters is 1. The quantitative estimate of drug-likeness (QED) is 0.549. The second-order valence-electron chi connectivity index (χ2n) is 6.03. The Morgan fingerprint density at radius 3 is 2.37 bits per heavy atom. The summed E-state index contributed by atoms with van der Waals surface area (Å²) in [5, 5.41) is 3.32. The highest BCUT2D eigenvalue weighted by Crippen LogP contribution is 2.29. The monoisotopic (exact) mass is 387 g/mol. The number of aryl methyl sites for hydroxylation is 3. The van der Waals surface area contributed by atoms with E-state index in [1.807, 2.05) is 32.9 Å². The molecule has 0 aliphatic rings. The first-order valence-corrected chi connectivity index (χ1v) is 9.65. The fourth-order valence-corrected chi connectivity index (χ4v) is 3.69. The van der Waals surface area contributed by atoms with E-state index < -0.39 is 5.97 Å². The van der Waals surface area contributed by atoms with Gasteiger partial charge in [-0.05, 0) is 68.2 Å². The zero-order chi connectivity index (χ0) is 20.0. The van der Waals surface area contributed by atoms with Gasteiger partial charge in [0.15, 0.2) is 0 Å². The lowest BCUT2D eigenvalue weighted by Crippen LogP contribution is -2.11. The van der Waals surface area contributed by atoms with Crippen LogP contribution in [0.5, 0.6) is 5.75 Å². The minimum Gasteiger partial charge on any atom is -0.497 e. The molecule has 0 fully saturated rings. The fraction of sp³-hybridized carbons (Fsp3) is 0.333. The summed E-state index contributed by atoms with van der Waals surface area (Å²) in [5.74, 6) is 0.0746. The summed E-state index contributed by atoms with van der Waals surface area (Å²) in [7, 11) is 1.63. The number of carbonyl (C=O) groups excluding carboxylic acids is 2. The van der Waals surface area contributed by atoms with Gasteiger partial charge in [0, 0.05) is 11.0 Å². The number of nitrogens with one attached hydrogen (secondary N) is 1. The van der Waals surface area contributed by atoms with Gasteiger partial charge in [-0.2, -0.15) is 0 Å². The van der Waals surface area contributed by atoms with Crippen LogP contribution in [0.1, 0.15) is 45.8 Å². The molecular formula is C21H25NO4S. The third kappa shape index (κ3) is 5.20. The molecule has 1 aromatic heterocycles. The molecule has 0 radical (unpaired) electrons. The van der Waals surface area contributed by atoms with Crippen LogP contribution in [0, 0.1) is 13.8 Å². The number of amides is 1. The first-order valence-electron chi connectivity index (χ1n) is 8.83. The molecule has 2 rings (SSSR count). The number of rotatable bonds is 7. The molecule has 0 saturated carbocycles. The summed E-state index contributed by atoms with van der Waals surface area (Å²) in [6.45, 7) is 7.99. The van der Waals surface area contributed by atoms with Crippen molar-refractivity contribution in [3.8, 4) is 5.75 Å². The summed E-state index contributed by atoms with van der Waals surface area (Å²) < 4.78 is 10.3. The molecule has 1 N–H and O–H groups in total. The smallest absolute Gasteiger partial charge is 0.341 e. The molecule has 0 bridgehead atoms. The van der Waals surface area contributed by atoms with E-state index in [-0.39, 0.29) is 5.91 Å². The van der Waals surface area contributed by atoms with Gasteiger partial charge in [0.1, 0.15) is 10.8 Å². The topological polar surface area (TPSA) is 64.6 Å². The number of thiophene rings is 1. The van der Waals surface area contributed by atoms with Crippen LogP contribution in [0.4, 0.5) is 5.00 Å². The second kappa shape index (κ2) is 9.37. The maximum Gasteiger partial charge on any atom is 0.341 e. The summed E-state index contributed by atoms with van der Waals surface area (Å²) in [5.41, 5.74) is 3.41. The normalized spacial score (nSPS) is 10.9.